The van der Waals surface area contributed by atoms with E-state index >= 15 is 0 Å². The summed E-state index contributed by atoms with van der Waals surface area (Å²) in [6.45, 7) is 0.736. The molecular formula is C22H20ClFN2O5S. The number of piperazine rings is 1. The zero-order valence-electron chi connectivity index (χ0n) is 16.9. The Morgan fingerprint density at radius 3 is 2.47 bits per heavy atom. The van der Waals surface area contributed by atoms with Gasteiger partial charge in [-0.25, -0.2) is 12.8 Å². The van der Waals surface area contributed by atoms with Gasteiger partial charge in [0.05, 0.1) is 16.2 Å². The Labute approximate surface area is 190 Å². The average molecular weight is 479 g/mol. The summed E-state index contributed by atoms with van der Waals surface area (Å²) in [5.41, 5.74) is 0.606. The smallest absolute Gasteiger partial charge is 0.290 e. The maximum atomic E-state index is 13.4. The van der Waals surface area contributed by atoms with Crippen LogP contribution in [0.25, 0.3) is 0 Å². The first kappa shape index (κ1) is 22.3. The van der Waals surface area contributed by atoms with E-state index in [4.69, 9.17) is 20.8 Å². The molecule has 10 heteroatoms. The van der Waals surface area contributed by atoms with E-state index in [2.05, 4.69) is 0 Å². The highest BCUT2D eigenvalue weighted by atomic mass is 35.5. The van der Waals surface area contributed by atoms with Gasteiger partial charge in [0.2, 0.25) is 10.0 Å². The van der Waals surface area contributed by atoms with E-state index in [9.17, 15) is 17.6 Å². The predicted octanol–water partition coefficient (Wildman–Crippen LogP) is 3.80. The fourth-order valence-electron chi connectivity index (χ4n) is 3.38. The number of rotatable bonds is 6. The molecule has 32 heavy (non-hydrogen) atoms. The van der Waals surface area contributed by atoms with Crippen molar-refractivity contribution in [2.24, 2.45) is 0 Å². The van der Waals surface area contributed by atoms with Gasteiger partial charge in [-0.05, 0) is 36.4 Å². The van der Waals surface area contributed by atoms with Gasteiger partial charge in [0, 0.05) is 31.7 Å². The highest BCUT2D eigenvalue weighted by Crippen LogP contribution is 2.24. The van der Waals surface area contributed by atoms with Crippen molar-refractivity contribution in [1.82, 2.24) is 9.21 Å². The van der Waals surface area contributed by atoms with Crippen LogP contribution >= 0.6 is 11.6 Å². The minimum absolute atomic E-state index is 0.0879. The Hall–Kier alpha value is -2.88. The number of amides is 1. The van der Waals surface area contributed by atoms with Crippen molar-refractivity contribution in [3.05, 3.63) is 83.0 Å². The van der Waals surface area contributed by atoms with Gasteiger partial charge in [-0.15, -0.1) is 0 Å². The van der Waals surface area contributed by atoms with Crippen molar-refractivity contribution in [1.29, 1.82) is 0 Å². The van der Waals surface area contributed by atoms with Gasteiger partial charge in [-0.2, -0.15) is 4.31 Å². The van der Waals surface area contributed by atoms with Gasteiger partial charge < -0.3 is 14.1 Å². The number of hydrogen-bond donors (Lipinski definition) is 0. The molecule has 0 radical (unpaired) electrons. The van der Waals surface area contributed by atoms with Gasteiger partial charge in [0.25, 0.3) is 5.91 Å². The van der Waals surface area contributed by atoms with Crippen LogP contribution in [0.1, 0.15) is 16.1 Å². The number of ether oxygens (including phenoxy) is 1. The molecule has 0 spiro atoms. The monoisotopic (exact) mass is 478 g/mol. The molecule has 0 atom stereocenters. The lowest BCUT2D eigenvalue weighted by Crippen LogP contribution is -2.50. The maximum absolute atomic E-state index is 13.4. The number of benzene rings is 2. The van der Waals surface area contributed by atoms with E-state index < -0.39 is 15.8 Å². The summed E-state index contributed by atoms with van der Waals surface area (Å²) in [4.78, 5) is 14.4. The number of sulfonamides is 1. The van der Waals surface area contributed by atoms with Gasteiger partial charge in [0.15, 0.2) is 5.76 Å². The highest BCUT2D eigenvalue weighted by molar-refractivity contribution is 7.89. The van der Waals surface area contributed by atoms with E-state index in [0.717, 1.165) is 12.1 Å². The van der Waals surface area contributed by atoms with Crippen molar-refractivity contribution in [2.75, 3.05) is 26.2 Å². The maximum Gasteiger partial charge on any atom is 0.290 e. The fourth-order valence-corrected chi connectivity index (χ4v) is 5.07. The standard InChI is InChI=1S/C22H20ClFN2O5S/c23-19-14-18(6-7-20(19)24)32(28,29)26-11-9-25(10-12-26)22(27)21-16(8-13-30-21)15-31-17-4-2-1-3-5-17/h1-8,13-14H,9-12,15H2. The number of carbonyl (C=O) groups is 1. The van der Waals surface area contributed by atoms with Crippen molar-refractivity contribution in [3.63, 3.8) is 0 Å². The molecule has 1 aromatic heterocycles. The molecule has 1 aliphatic rings. The van der Waals surface area contributed by atoms with Crippen molar-refractivity contribution < 1.29 is 26.8 Å². The minimum Gasteiger partial charge on any atom is -0.489 e. The Morgan fingerprint density at radius 1 is 1.06 bits per heavy atom. The third-order valence-corrected chi connectivity index (χ3v) is 7.32. The number of halogens is 2. The molecule has 2 heterocycles. The van der Waals surface area contributed by atoms with Crippen molar-refractivity contribution >= 4 is 27.5 Å². The summed E-state index contributed by atoms with van der Waals surface area (Å²) < 4.78 is 51.4. The zero-order valence-corrected chi connectivity index (χ0v) is 18.5. The number of para-hydroxylation sites is 1. The molecule has 4 rings (SSSR count). The molecule has 1 fully saturated rings. The Kier molecular flexibility index (Phi) is 6.50. The van der Waals surface area contributed by atoms with E-state index in [-0.39, 0.29) is 54.4 Å². The van der Waals surface area contributed by atoms with E-state index in [1.54, 1.807) is 6.07 Å². The number of carbonyl (C=O) groups excluding carboxylic acids is 1. The first-order valence-corrected chi connectivity index (χ1v) is 11.7. The summed E-state index contributed by atoms with van der Waals surface area (Å²) in [7, 11) is -3.85. The average Bonchev–Trinajstić information content (AvgIpc) is 3.28. The van der Waals surface area contributed by atoms with Crippen LogP contribution in [0, 0.1) is 5.82 Å². The van der Waals surface area contributed by atoms with Crippen LogP contribution in [-0.4, -0.2) is 49.7 Å². The number of hydrogen-bond acceptors (Lipinski definition) is 5. The quantitative estimate of drug-likeness (QED) is 0.538. The fraction of sp³-hybridized carbons (Fsp3) is 0.227. The number of furan rings is 1. The Balaban J connectivity index is 1.40. The van der Waals surface area contributed by atoms with Crippen LogP contribution in [0.15, 0.2) is 70.2 Å². The lowest BCUT2D eigenvalue weighted by Gasteiger charge is -2.33. The summed E-state index contributed by atoms with van der Waals surface area (Å²) in [6, 6.07) is 14.2. The Bertz CT molecular complexity index is 1210. The second-order valence-corrected chi connectivity index (χ2v) is 9.49. The molecule has 2 aromatic carbocycles. The Morgan fingerprint density at radius 2 is 1.78 bits per heavy atom. The van der Waals surface area contributed by atoms with E-state index in [1.807, 2.05) is 30.3 Å². The van der Waals surface area contributed by atoms with Gasteiger partial charge >= 0.3 is 0 Å². The summed E-state index contributed by atoms with van der Waals surface area (Å²) in [5.74, 6) is -0.176. The molecule has 1 saturated heterocycles. The SMILES string of the molecule is O=C(c1occc1COc1ccccc1)N1CCN(S(=O)(=O)c2ccc(F)c(Cl)c2)CC1. The first-order chi connectivity index (χ1) is 15.4. The molecule has 7 nitrogen and oxygen atoms in total. The molecule has 3 aromatic rings. The highest BCUT2D eigenvalue weighted by Gasteiger charge is 2.32. The first-order valence-electron chi connectivity index (χ1n) is 9.85. The molecule has 1 amide bonds. The molecule has 0 unspecified atom stereocenters. The van der Waals surface area contributed by atoms with Crippen molar-refractivity contribution in [3.8, 4) is 5.75 Å². The second-order valence-electron chi connectivity index (χ2n) is 7.15. The topological polar surface area (TPSA) is 80.1 Å². The number of nitrogens with zero attached hydrogens (tertiary/aromatic N) is 2. The van der Waals surface area contributed by atoms with Crippen LogP contribution in [0.5, 0.6) is 5.75 Å². The van der Waals surface area contributed by atoms with Crippen LogP contribution in [0.3, 0.4) is 0 Å². The molecule has 0 N–H and O–H groups in total. The predicted molar refractivity (Wildman–Crippen MR) is 116 cm³/mol. The minimum atomic E-state index is -3.85. The van der Waals surface area contributed by atoms with Gasteiger partial charge in [-0.1, -0.05) is 29.8 Å². The normalized spacial score (nSPS) is 15.0. The third kappa shape index (κ3) is 4.64. The van der Waals surface area contributed by atoms with Gasteiger partial charge in [-0.3, -0.25) is 4.79 Å². The third-order valence-electron chi connectivity index (χ3n) is 5.13. The van der Waals surface area contributed by atoms with Crippen LogP contribution < -0.4 is 4.74 Å². The lowest BCUT2D eigenvalue weighted by atomic mass is 10.2. The molecule has 1 aliphatic heterocycles. The summed E-state index contributed by atoms with van der Waals surface area (Å²) >= 11 is 5.73. The van der Waals surface area contributed by atoms with Gasteiger partial charge in [0.1, 0.15) is 18.2 Å². The van der Waals surface area contributed by atoms with E-state index in [0.29, 0.717) is 11.3 Å². The van der Waals surface area contributed by atoms with Crippen LogP contribution in [0.4, 0.5) is 4.39 Å². The second kappa shape index (κ2) is 9.32. The summed E-state index contributed by atoms with van der Waals surface area (Å²) in [6.07, 6.45) is 1.43. The molecule has 168 valence electrons. The largest absolute Gasteiger partial charge is 0.489 e. The van der Waals surface area contributed by atoms with E-state index in [1.165, 1.54) is 21.5 Å². The molecule has 0 aliphatic carbocycles. The summed E-state index contributed by atoms with van der Waals surface area (Å²) in [5, 5.41) is -0.261. The molecular weight excluding hydrogens is 459 g/mol. The molecule has 0 bridgehead atoms. The zero-order chi connectivity index (χ0) is 22.7. The van der Waals surface area contributed by atoms with Crippen molar-refractivity contribution in [2.45, 2.75) is 11.5 Å². The lowest BCUT2D eigenvalue weighted by molar-refractivity contribution is 0.0662. The van der Waals surface area contributed by atoms with Crippen LogP contribution in [0.2, 0.25) is 5.02 Å². The molecule has 0 saturated carbocycles. The van der Waals surface area contributed by atoms with Crippen LogP contribution in [-0.2, 0) is 16.6 Å².